The summed E-state index contributed by atoms with van der Waals surface area (Å²) in [7, 11) is 0. The Bertz CT molecular complexity index is 771. The third kappa shape index (κ3) is 6.56. The molecule has 0 aromatic carbocycles. The second kappa shape index (κ2) is 10.2. The summed E-state index contributed by atoms with van der Waals surface area (Å²) in [6.45, 7) is 11.4. The molecule has 4 atom stereocenters. The van der Waals surface area contributed by atoms with Gasteiger partial charge in [-0.2, -0.15) is 11.8 Å². The summed E-state index contributed by atoms with van der Waals surface area (Å²) in [6, 6.07) is -0.856. The van der Waals surface area contributed by atoms with Crippen LogP contribution in [-0.4, -0.2) is 68.9 Å². The zero-order chi connectivity index (χ0) is 24.4. The van der Waals surface area contributed by atoms with Crippen molar-refractivity contribution in [1.29, 1.82) is 0 Å². The van der Waals surface area contributed by atoms with Crippen molar-refractivity contribution < 1.29 is 34.1 Å². The van der Waals surface area contributed by atoms with Gasteiger partial charge in [0.1, 0.15) is 17.4 Å². The van der Waals surface area contributed by atoms with Crippen molar-refractivity contribution >= 4 is 29.4 Å². The van der Waals surface area contributed by atoms with Crippen LogP contribution in [0.2, 0.25) is 0 Å². The highest BCUT2D eigenvalue weighted by molar-refractivity contribution is 7.98. The van der Waals surface area contributed by atoms with Crippen LogP contribution in [-0.2, 0) is 23.9 Å². The highest BCUT2D eigenvalue weighted by atomic mass is 32.2. The van der Waals surface area contributed by atoms with Crippen LogP contribution in [0.3, 0.4) is 0 Å². The van der Waals surface area contributed by atoms with Crippen LogP contribution in [0.1, 0.15) is 67.2 Å². The number of hydrogen-bond donors (Lipinski definition) is 2. The lowest BCUT2D eigenvalue weighted by molar-refractivity contribution is -0.174. The van der Waals surface area contributed by atoms with Crippen molar-refractivity contribution in [2.45, 2.75) is 91.4 Å². The number of aliphatic hydroxyl groups is 2. The summed E-state index contributed by atoms with van der Waals surface area (Å²) < 4.78 is 10.8. The molecule has 0 aromatic heterocycles. The molecule has 3 unspecified atom stereocenters. The van der Waals surface area contributed by atoms with Gasteiger partial charge in [-0.15, -0.1) is 0 Å². The molecule has 0 aliphatic carbocycles. The van der Waals surface area contributed by atoms with Gasteiger partial charge >= 0.3 is 0 Å². The zero-order valence-electron chi connectivity index (χ0n) is 20.1. The second-order valence-corrected chi connectivity index (χ2v) is 11.4. The van der Waals surface area contributed by atoms with Crippen molar-refractivity contribution in [1.82, 2.24) is 4.90 Å². The SMILES string of the molecule is CSCCC1C(O)=C(C(=O)C[C@@H]2OC(C)(C)OC2O)C(=O)N1C(=O)CC(C)CC(C)(C)C. The monoisotopic (exact) mass is 471 g/mol. The molecule has 0 bridgehead atoms. The Kier molecular flexibility index (Phi) is 8.58. The second-order valence-electron chi connectivity index (χ2n) is 10.4. The minimum Gasteiger partial charge on any atom is -0.509 e. The van der Waals surface area contributed by atoms with Crippen molar-refractivity contribution in [3.63, 3.8) is 0 Å². The van der Waals surface area contributed by atoms with E-state index in [1.807, 2.05) is 13.2 Å². The number of carbonyl (C=O) groups is 3. The van der Waals surface area contributed by atoms with E-state index in [0.29, 0.717) is 12.2 Å². The van der Waals surface area contributed by atoms with Crippen molar-refractivity contribution in [3.8, 4) is 0 Å². The molecule has 2 N–H and O–H groups in total. The van der Waals surface area contributed by atoms with Crippen molar-refractivity contribution in [2.75, 3.05) is 12.0 Å². The Hall–Kier alpha value is -1.42. The molecule has 2 heterocycles. The first-order chi connectivity index (χ1) is 14.7. The number of nitrogens with zero attached hydrogens (tertiary/aromatic N) is 1. The lowest BCUT2D eigenvalue weighted by Crippen LogP contribution is -2.42. The van der Waals surface area contributed by atoms with E-state index in [1.54, 1.807) is 13.8 Å². The van der Waals surface area contributed by atoms with Crippen LogP contribution in [0.5, 0.6) is 0 Å². The maximum absolute atomic E-state index is 13.1. The van der Waals surface area contributed by atoms with E-state index in [9.17, 15) is 24.6 Å². The number of carbonyl (C=O) groups excluding carboxylic acids is 3. The molecule has 2 aliphatic heterocycles. The lowest BCUT2D eigenvalue weighted by Gasteiger charge is -2.27. The van der Waals surface area contributed by atoms with Gasteiger partial charge in [-0.3, -0.25) is 19.3 Å². The first-order valence-corrected chi connectivity index (χ1v) is 12.4. The molecule has 1 saturated heterocycles. The van der Waals surface area contributed by atoms with Crippen LogP contribution >= 0.6 is 11.8 Å². The van der Waals surface area contributed by atoms with E-state index < -0.39 is 47.4 Å². The molecule has 0 aromatic rings. The topological polar surface area (TPSA) is 113 Å². The Morgan fingerprint density at radius 3 is 2.38 bits per heavy atom. The van der Waals surface area contributed by atoms with Crippen molar-refractivity contribution in [2.24, 2.45) is 11.3 Å². The third-order valence-corrected chi connectivity index (χ3v) is 6.13. The third-order valence-electron chi connectivity index (χ3n) is 5.49. The van der Waals surface area contributed by atoms with E-state index >= 15 is 0 Å². The maximum atomic E-state index is 13.1. The Balaban J connectivity index is 2.20. The molecule has 2 aliphatic rings. The minimum atomic E-state index is -1.32. The van der Waals surface area contributed by atoms with E-state index in [2.05, 4.69) is 20.8 Å². The van der Waals surface area contributed by atoms with Gasteiger partial charge in [-0.05, 0) is 50.0 Å². The fourth-order valence-electron chi connectivity index (χ4n) is 4.46. The average molecular weight is 472 g/mol. The normalized spacial score (nSPS) is 26.7. The molecule has 1 fully saturated rings. The van der Waals surface area contributed by atoms with Crippen LogP contribution in [0.15, 0.2) is 11.3 Å². The molecule has 2 rings (SSSR count). The predicted octanol–water partition coefficient (Wildman–Crippen LogP) is 3.18. The molecule has 0 radical (unpaired) electrons. The average Bonchev–Trinajstić information content (AvgIpc) is 3.01. The Morgan fingerprint density at radius 2 is 1.88 bits per heavy atom. The zero-order valence-corrected chi connectivity index (χ0v) is 21.0. The molecule has 32 heavy (non-hydrogen) atoms. The van der Waals surface area contributed by atoms with Crippen molar-refractivity contribution in [3.05, 3.63) is 11.3 Å². The van der Waals surface area contributed by atoms with Gasteiger partial charge in [0.2, 0.25) is 5.91 Å². The first kappa shape index (κ1) is 26.8. The smallest absolute Gasteiger partial charge is 0.268 e. The number of amides is 2. The van der Waals surface area contributed by atoms with Crippen LogP contribution < -0.4 is 0 Å². The molecular formula is C23H37NO7S. The Morgan fingerprint density at radius 1 is 1.25 bits per heavy atom. The molecule has 182 valence electrons. The number of Topliss-reactive ketones (excluding diaryl/α,β-unsaturated/α-hetero) is 1. The van der Waals surface area contributed by atoms with E-state index in [0.717, 1.165) is 11.3 Å². The number of aliphatic hydroxyl groups excluding tert-OH is 2. The standard InChI is InChI=1S/C23H37NO7S/c1-13(12-22(2,3)4)10-17(26)24-14(8-9-32-7)19(27)18(20(24)28)15(25)11-16-21(29)31-23(5,6)30-16/h13-14,16,21,27,29H,8-12H2,1-7H3/t13?,14?,16-,21?/m0/s1. The molecule has 2 amide bonds. The van der Waals surface area contributed by atoms with Gasteiger partial charge in [-0.25, -0.2) is 0 Å². The van der Waals surface area contributed by atoms with E-state index in [1.165, 1.54) is 11.8 Å². The number of thioether (sulfide) groups is 1. The summed E-state index contributed by atoms with van der Waals surface area (Å²) in [5.41, 5.74) is -0.361. The fourth-order valence-corrected chi connectivity index (χ4v) is 4.92. The summed E-state index contributed by atoms with van der Waals surface area (Å²) in [5.74, 6) is -2.64. The number of imide groups is 1. The highest BCUT2D eigenvalue weighted by Crippen LogP contribution is 2.34. The molecule has 0 spiro atoms. The molecular weight excluding hydrogens is 434 g/mol. The van der Waals surface area contributed by atoms with Gasteiger partial charge in [-0.1, -0.05) is 27.7 Å². The quantitative estimate of drug-likeness (QED) is 0.493. The highest BCUT2D eigenvalue weighted by Gasteiger charge is 2.48. The Labute approximate surface area is 194 Å². The minimum absolute atomic E-state index is 0.0342. The number of rotatable bonds is 9. The number of ketones is 1. The molecule has 9 heteroatoms. The first-order valence-electron chi connectivity index (χ1n) is 11.0. The number of hydrogen-bond acceptors (Lipinski definition) is 8. The summed E-state index contributed by atoms with van der Waals surface area (Å²) in [4.78, 5) is 40.2. The van der Waals surface area contributed by atoms with Gasteiger partial charge in [0, 0.05) is 12.8 Å². The summed E-state index contributed by atoms with van der Waals surface area (Å²) in [6.07, 6.45) is 0.569. The summed E-state index contributed by atoms with van der Waals surface area (Å²) >= 11 is 1.53. The lowest BCUT2D eigenvalue weighted by atomic mass is 9.84. The maximum Gasteiger partial charge on any atom is 0.268 e. The van der Waals surface area contributed by atoms with E-state index in [-0.39, 0.29) is 29.9 Å². The van der Waals surface area contributed by atoms with Gasteiger partial charge in [0.25, 0.3) is 5.91 Å². The molecule has 8 nitrogen and oxygen atoms in total. The fraction of sp³-hybridized carbons (Fsp3) is 0.783. The summed E-state index contributed by atoms with van der Waals surface area (Å²) in [5, 5.41) is 20.8. The predicted molar refractivity (Wildman–Crippen MR) is 122 cm³/mol. The van der Waals surface area contributed by atoms with Crippen LogP contribution in [0.4, 0.5) is 0 Å². The number of ether oxygens (including phenoxy) is 2. The van der Waals surface area contributed by atoms with E-state index in [4.69, 9.17) is 9.47 Å². The molecule has 0 saturated carbocycles. The van der Waals surface area contributed by atoms with Crippen LogP contribution in [0.25, 0.3) is 0 Å². The van der Waals surface area contributed by atoms with Gasteiger partial charge in [0.15, 0.2) is 17.9 Å². The van der Waals surface area contributed by atoms with Gasteiger partial charge in [0.05, 0.1) is 6.04 Å². The largest absolute Gasteiger partial charge is 0.509 e. The van der Waals surface area contributed by atoms with Gasteiger partial charge < -0.3 is 19.7 Å². The van der Waals surface area contributed by atoms with Crippen LogP contribution in [0, 0.1) is 11.3 Å².